The molecule has 0 saturated carbocycles. The van der Waals surface area contributed by atoms with Crippen LogP contribution in [0, 0.1) is 5.82 Å². The predicted octanol–water partition coefficient (Wildman–Crippen LogP) is 2.53. The van der Waals surface area contributed by atoms with Crippen LogP contribution in [-0.2, 0) is 16.1 Å². The second-order valence-corrected chi connectivity index (χ2v) is 7.26. The Kier molecular flexibility index (Phi) is 9.37. The second-order valence-electron chi connectivity index (χ2n) is 7.26. The van der Waals surface area contributed by atoms with Crippen LogP contribution in [-0.4, -0.2) is 54.7 Å². The Morgan fingerprint density at radius 2 is 1.83 bits per heavy atom. The lowest BCUT2D eigenvalue weighted by Gasteiger charge is -2.32. The molecule has 166 valence electrons. The van der Waals surface area contributed by atoms with E-state index in [1.165, 1.54) is 12.1 Å². The molecule has 0 bridgehead atoms. The molecule has 1 aliphatic rings. The molecule has 2 rings (SSSR count). The quantitative estimate of drug-likeness (QED) is 0.599. The van der Waals surface area contributed by atoms with Gasteiger partial charge in [0.2, 0.25) is 5.91 Å². The third kappa shape index (κ3) is 7.53. The third-order valence-electron chi connectivity index (χ3n) is 4.93. The van der Waals surface area contributed by atoms with Crippen molar-refractivity contribution < 1.29 is 23.5 Å². The molecule has 30 heavy (non-hydrogen) atoms. The lowest BCUT2D eigenvalue weighted by atomic mass is 10.0. The normalized spacial score (nSPS) is 15.2. The van der Waals surface area contributed by atoms with Crippen molar-refractivity contribution in [2.45, 2.75) is 58.2 Å². The van der Waals surface area contributed by atoms with Crippen LogP contribution in [0.2, 0.25) is 0 Å². The van der Waals surface area contributed by atoms with Crippen LogP contribution in [0.5, 0.6) is 0 Å². The number of carbonyl (C=O) groups excluding carboxylic acids is 3. The standard InChI is InChI=1S/C21H31FN4O4/c1-3-5-18(25-20(28)23-14-15-6-8-16(22)9-7-15)19(27)24-17-10-12-26(13-11-17)21(29)30-4-2/h6-9,17-18H,3-5,10-14H2,1-2H3,(H,24,27)(H2,23,25,28). The number of likely N-dealkylation sites (tertiary alicyclic amines) is 1. The van der Waals surface area contributed by atoms with Crippen molar-refractivity contribution in [1.82, 2.24) is 20.9 Å². The zero-order valence-electron chi connectivity index (χ0n) is 17.6. The predicted molar refractivity (Wildman–Crippen MR) is 110 cm³/mol. The minimum absolute atomic E-state index is 0.0494. The van der Waals surface area contributed by atoms with Gasteiger partial charge in [0.25, 0.3) is 0 Å². The highest BCUT2D eigenvalue weighted by Crippen LogP contribution is 2.12. The molecule has 1 atom stereocenters. The first-order valence-electron chi connectivity index (χ1n) is 10.4. The highest BCUT2D eigenvalue weighted by Gasteiger charge is 2.27. The van der Waals surface area contributed by atoms with Gasteiger partial charge >= 0.3 is 12.1 Å². The molecule has 4 amide bonds. The zero-order valence-corrected chi connectivity index (χ0v) is 17.6. The Labute approximate surface area is 176 Å². The summed E-state index contributed by atoms with van der Waals surface area (Å²) < 4.78 is 17.9. The number of ether oxygens (including phenoxy) is 1. The van der Waals surface area contributed by atoms with Crippen molar-refractivity contribution >= 4 is 18.0 Å². The van der Waals surface area contributed by atoms with Gasteiger partial charge in [0.15, 0.2) is 0 Å². The van der Waals surface area contributed by atoms with E-state index in [1.807, 2.05) is 6.92 Å². The van der Waals surface area contributed by atoms with E-state index in [9.17, 15) is 18.8 Å². The number of urea groups is 1. The van der Waals surface area contributed by atoms with Crippen molar-refractivity contribution in [3.8, 4) is 0 Å². The average Bonchev–Trinajstić information content (AvgIpc) is 2.73. The van der Waals surface area contributed by atoms with Gasteiger partial charge in [0, 0.05) is 25.7 Å². The number of piperidine rings is 1. The minimum Gasteiger partial charge on any atom is -0.450 e. The molecule has 0 aromatic heterocycles. The SMILES string of the molecule is CCCC(NC(=O)NCc1ccc(F)cc1)C(=O)NC1CCN(C(=O)OCC)CC1. The van der Waals surface area contributed by atoms with E-state index in [2.05, 4.69) is 16.0 Å². The van der Waals surface area contributed by atoms with Gasteiger partial charge in [-0.15, -0.1) is 0 Å². The van der Waals surface area contributed by atoms with Crippen LogP contribution < -0.4 is 16.0 Å². The van der Waals surface area contributed by atoms with Gasteiger partial charge in [0.1, 0.15) is 11.9 Å². The van der Waals surface area contributed by atoms with Crippen LogP contribution in [0.25, 0.3) is 0 Å². The number of carbonyl (C=O) groups is 3. The fourth-order valence-corrected chi connectivity index (χ4v) is 3.27. The summed E-state index contributed by atoms with van der Waals surface area (Å²) in [6.45, 7) is 5.32. The van der Waals surface area contributed by atoms with Gasteiger partial charge in [-0.05, 0) is 43.9 Å². The van der Waals surface area contributed by atoms with E-state index in [1.54, 1.807) is 24.0 Å². The smallest absolute Gasteiger partial charge is 0.409 e. The van der Waals surface area contributed by atoms with Crippen LogP contribution in [0.3, 0.4) is 0 Å². The molecule has 0 aliphatic carbocycles. The number of halogens is 1. The molecule has 0 spiro atoms. The number of hydrogen-bond acceptors (Lipinski definition) is 4. The fourth-order valence-electron chi connectivity index (χ4n) is 3.27. The molecule has 1 aromatic carbocycles. The van der Waals surface area contributed by atoms with E-state index < -0.39 is 12.1 Å². The van der Waals surface area contributed by atoms with E-state index >= 15 is 0 Å². The number of nitrogens with one attached hydrogen (secondary N) is 3. The first-order valence-corrected chi connectivity index (χ1v) is 10.4. The van der Waals surface area contributed by atoms with Crippen molar-refractivity contribution in [2.24, 2.45) is 0 Å². The monoisotopic (exact) mass is 422 g/mol. The van der Waals surface area contributed by atoms with E-state index in [0.29, 0.717) is 39.0 Å². The van der Waals surface area contributed by atoms with Gasteiger partial charge in [-0.1, -0.05) is 25.5 Å². The van der Waals surface area contributed by atoms with Crippen molar-refractivity contribution in [1.29, 1.82) is 0 Å². The first kappa shape index (κ1) is 23.4. The van der Waals surface area contributed by atoms with Crippen molar-refractivity contribution in [3.05, 3.63) is 35.6 Å². The molecule has 1 fully saturated rings. The van der Waals surface area contributed by atoms with Gasteiger partial charge in [-0.2, -0.15) is 0 Å². The lowest BCUT2D eigenvalue weighted by Crippen LogP contribution is -2.54. The molecule has 9 heteroatoms. The number of amides is 4. The fraction of sp³-hybridized carbons (Fsp3) is 0.571. The molecule has 1 aliphatic heterocycles. The second kappa shape index (κ2) is 12.0. The summed E-state index contributed by atoms with van der Waals surface area (Å²) in [4.78, 5) is 38.3. The van der Waals surface area contributed by atoms with Crippen LogP contribution in [0.15, 0.2) is 24.3 Å². The summed E-state index contributed by atoms with van der Waals surface area (Å²) in [7, 11) is 0. The summed E-state index contributed by atoms with van der Waals surface area (Å²) in [6.07, 6.45) is 2.20. The first-order chi connectivity index (χ1) is 14.4. The molecule has 1 unspecified atom stereocenters. The van der Waals surface area contributed by atoms with Crippen molar-refractivity contribution in [3.63, 3.8) is 0 Å². The maximum Gasteiger partial charge on any atom is 0.409 e. The summed E-state index contributed by atoms with van der Waals surface area (Å²) >= 11 is 0. The number of rotatable bonds is 8. The summed E-state index contributed by atoms with van der Waals surface area (Å²) in [5.74, 6) is -0.570. The zero-order chi connectivity index (χ0) is 21.9. The van der Waals surface area contributed by atoms with E-state index in [4.69, 9.17) is 4.74 Å². The van der Waals surface area contributed by atoms with Crippen LogP contribution in [0.1, 0.15) is 45.1 Å². The molecule has 8 nitrogen and oxygen atoms in total. The number of hydrogen-bond donors (Lipinski definition) is 3. The molecule has 1 aromatic rings. The summed E-state index contributed by atoms with van der Waals surface area (Å²) in [5.41, 5.74) is 0.761. The lowest BCUT2D eigenvalue weighted by molar-refractivity contribution is -0.124. The van der Waals surface area contributed by atoms with E-state index in [-0.39, 0.29) is 30.4 Å². The van der Waals surface area contributed by atoms with Crippen molar-refractivity contribution in [2.75, 3.05) is 19.7 Å². The molecule has 0 radical (unpaired) electrons. The maximum absolute atomic E-state index is 12.9. The van der Waals surface area contributed by atoms with Crippen LogP contribution in [0.4, 0.5) is 14.0 Å². The molecular weight excluding hydrogens is 391 g/mol. The summed E-state index contributed by atoms with van der Waals surface area (Å²) in [6, 6.07) is 4.69. The third-order valence-corrected chi connectivity index (χ3v) is 4.93. The highest BCUT2D eigenvalue weighted by atomic mass is 19.1. The van der Waals surface area contributed by atoms with E-state index in [0.717, 1.165) is 12.0 Å². The topological polar surface area (TPSA) is 99.8 Å². The molecule has 1 heterocycles. The summed E-state index contributed by atoms with van der Waals surface area (Å²) in [5, 5.41) is 8.38. The Morgan fingerprint density at radius 1 is 1.17 bits per heavy atom. The van der Waals surface area contributed by atoms with Gasteiger partial charge in [0.05, 0.1) is 6.61 Å². The Balaban J connectivity index is 1.79. The molecule has 3 N–H and O–H groups in total. The van der Waals surface area contributed by atoms with Crippen LogP contribution >= 0.6 is 0 Å². The minimum atomic E-state index is -0.647. The Hall–Kier alpha value is -2.84. The van der Waals surface area contributed by atoms with Gasteiger partial charge in [-0.25, -0.2) is 14.0 Å². The van der Waals surface area contributed by atoms with Gasteiger partial charge < -0.3 is 25.6 Å². The number of benzene rings is 1. The number of nitrogens with zero attached hydrogens (tertiary/aromatic N) is 1. The maximum atomic E-state index is 12.9. The molecular formula is C21H31FN4O4. The Morgan fingerprint density at radius 3 is 2.43 bits per heavy atom. The largest absolute Gasteiger partial charge is 0.450 e. The Bertz CT molecular complexity index is 705. The highest BCUT2D eigenvalue weighted by molar-refractivity contribution is 5.87. The average molecular weight is 423 g/mol. The molecule has 1 saturated heterocycles. The van der Waals surface area contributed by atoms with Gasteiger partial charge in [-0.3, -0.25) is 4.79 Å².